The summed E-state index contributed by atoms with van der Waals surface area (Å²) in [5.74, 6) is -1.11. The van der Waals surface area contributed by atoms with Gasteiger partial charge in [0, 0.05) is 15.7 Å². The van der Waals surface area contributed by atoms with Crippen LogP contribution in [-0.2, 0) is 4.79 Å². The number of carbonyl (C=O) groups is 2. The van der Waals surface area contributed by atoms with Crippen molar-refractivity contribution in [2.24, 2.45) is 5.92 Å². The summed E-state index contributed by atoms with van der Waals surface area (Å²) in [6.45, 7) is 1.96. The van der Waals surface area contributed by atoms with Crippen LogP contribution >= 0.6 is 11.8 Å². The molecule has 1 heterocycles. The van der Waals surface area contributed by atoms with E-state index >= 15 is 0 Å². The maximum Gasteiger partial charge on any atom is 0.335 e. The number of benzene rings is 1. The van der Waals surface area contributed by atoms with E-state index in [1.165, 1.54) is 6.08 Å². The van der Waals surface area contributed by atoms with E-state index < -0.39 is 5.97 Å². The second-order valence-corrected chi connectivity index (χ2v) is 5.98. The number of carboxylic acids is 1. The molecule has 0 spiro atoms. The average Bonchev–Trinajstić information content (AvgIpc) is 2.39. The minimum atomic E-state index is -0.947. The van der Waals surface area contributed by atoms with Crippen LogP contribution in [0.4, 0.5) is 0 Å². The fourth-order valence-corrected chi connectivity index (χ4v) is 3.71. The first-order chi connectivity index (χ1) is 9.06. The molecule has 0 fully saturated rings. The number of rotatable bonds is 1. The topological polar surface area (TPSA) is 54.4 Å². The Hall–Kier alpha value is -1.81. The minimum absolute atomic E-state index is 0.0828. The van der Waals surface area contributed by atoms with E-state index in [0.29, 0.717) is 0 Å². The van der Waals surface area contributed by atoms with E-state index in [2.05, 4.69) is 0 Å². The van der Waals surface area contributed by atoms with Crippen molar-refractivity contribution in [3.05, 3.63) is 53.1 Å². The Morgan fingerprint density at radius 3 is 2.89 bits per heavy atom. The van der Waals surface area contributed by atoms with E-state index in [1.54, 1.807) is 23.9 Å². The van der Waals surface area contributed by atoms with Gasteiger partial charge < -0.3 is 5.11 Å². The molecule has 0 saturated carbocycles. The van der Waals surface area contributed by atoms with Crippen LogP contribution in [0.15, 0.2) is 46.9 Å². The van der Waals surface area contributed by atoms with Crippen molar-refractivity contribution in [2.45, 2.75) is 17.1 Å². The number of carboxylic acid groups (broad SMARTS) is 1. The molecule has 1 aromatic carbocycles. The van der Waals surface area contributed by atoms with Gasteiger partial charge in [0.05, 0.1) is 11.5 Å². The monoisotopic (exact) mass is 272 g/mol. The van der Waals surface area contributed by atoms with Crippen LogP contribution in [0.5, 0.6) is 0 Å². The van der Waals surface area contributed by atoms with Gasteiger partial charge in [-0.1, -0.05) is 29.9 Å². The first-order valence-electron chi connectivity index (χ1n) is 6.01. The Labute approximate surface area is 115 Å². The first kappa shape index (κ1) is 12.2. The molecule has 2 atom stereocenters. The lowest BCUT2D eigenvalue weighted by Crippen LogP contribution is -2.30. The van der Waals surface area contributed by atoms with Crippen LogP contribution in [0.25, 0.3) is 0 Å². The molecular weight excluding hydrogens is 260 g/mol. The third-order valence-electron chi connectivity index (χ3n) is 3.39. The molecule has 96 valence electrons. The molecule has 0 bridgehead atoms. The van der Waals surface area contributed by atoms with Gasteiger partial charge in [-0.3, -0.25) is 4.79 Å². The molecule has 1 aromatic rings. The highest BCUT2D eigenvalue weighted by Crippen LogP contribution is 2.42. The lowest BCUT2D eigenvalue weighted by atomic mass is 9.88. The van der Waals surface area contributed by atoms with Crippen molar-refractivity contribution in [2.75, 3.05) is 0 Å². The zero-order chi connectivity index (χ0) is 13.6. The molecule has 0 saturated heterocycles. The third-order valence-corrected chi connectivity index (χ3v) is 4.71. The van der Waals surface area contributed by atoms with Crippen LogP contribution in [0.3, 0.4) is 0 Å². The molecule has 19 heavy (non-hydrogen) atoms. The summed E-state index contributed by atoms with van der Waals surface area (Å²) in [6, 6.07) is 5.82. The standard InChI is InChI=1S/C15H12O3S/c1-8-2-5-12-11(6-8)14(16)10-4-3-9(15(17)18)7-13(10)19-12/h2-7,10,13H,1H3,(H,17,18). The lowest BCUT2D eigenvalue weighted by molar-refractivity contribution is -0.132. The number of carbonyl (C=O) groups excluding carboxylic acids is 1. The van der Waals surface area contributed by atoms with E-state index in [9.17, 15) is 9.59 Å². The number of aryl methyl sites for hydroxylation is 1. The van der Waals surface area contributed by atoms with Gasteiger partial charge in [-0.15, -0.1) is 11.8 Å². The van der Waals surface area contributed by atoms with Gasteiger partial charge in [0.1, 0.15) is 0 Å². The Morgan fingerprint density at radius 1 is 1.37 bits per heavy atom. The van der Waals surface area contributed by atoms with Crippen molar-refractivity contribution < 1.29 is 14.7 Å². The number of aliphatic carboxylic acids is 1. The predicted octanol–water partition coefficient (Wildman–Crippen LogP) is 2.85. The highest BCUT2D eigenvalue weighted by molar-refractivity contribution is 8.00. The molecule has 1 aliphatic heterocycles. The van der Waals surface area contributed by atoms with E-state index in [-0.39, 0.29) is 22.5 Å². The van der Waals surface area contributed by atoms with Crippen LogP contribution in [0.1, 0.15) is 15.9 Å². The van der Waals surface area contributed by atoms with Gasteiger partial charge in [-0.25, -0.2) is 4.79 Å². The molecular formula is C15H12O3S. The Morgan fingerprint density at radius 2 is 2.16 bits per heavy atom. The quantitative estimate of drug-likeness (QED) is 0.854. The van der Waals surface area contributed by atoms with Crippen molar-refractivity contribution in [1.82, 2.24) is 0 Å². The number of fused-ring (bicyclic) bond motifs is 2. The highest BCUT2D eigenvalue weighted by atomic mass is 32.2. The second kappa shape index (κ2) is 4.38. The summed E-state index contributed by atoms with van der Waals surface area (Å²) >= 11 is 1.56. The number of thioether (sulfide) groups is 1. The highest BCUT2D eigenvalue weighted by Gasteiger charge is 2.35. The number of Topliss-reactive ketones (excluding diaryl/α,β-unsaturated/α-hetero) is 1. The number of allylic oxidation sites excluding steroid dienone is 1. The zero-order valence-corrected chi connectivity index (χ0v) is 11.1. The fraction of sp³-hybridized carbons (Fsp3) is 0.200. The van der Waals surface area contributed by atoms with Crippen molar-refractivity contribution >= 4 is 23.5 Å². The molecule has 1 aliphatic carbocycles. The second-order valence-electron chi connectivity index (χ2n) is 4.76. The smallest absolute Gasteiger partial charge is 0.335 e. The van der Waals surface area contributed by atoms with Gasteiger partial charge in [-0.2, -0.15) is 0 Å². The summed E-state index contributed by atoms with van der Waals surface area (Å²) in [5.41, 5.74) is 2.08. The third kappa shape index (κ3) is 2.02. The Bertz CT molecular complexity index is 643. The lowest BCUT2D eigenvalue weighted by Gasteiger charge is -2.30. The molecule has 4 heteroatoms. The molecule has 3 nitrogen and oxygen atoms in total. The van der Waals surface area contributed by atoms with Crippen LogP contribution in [0, 0.1) is 12.8 Å². The SMILES string of the molecule is Cc1ccc2c(c1)C(=O)C1C=CC(C(=O)O)=CC1S2. The molecule has 0 amide bonds. The van der Waals surface area contributed by atoms with Gasteiger partial charge >= 0.3 is 5.97 Å². The van der Waals surface area contributed by atoms with E-state index in [0.717, 1.165) is 16.0 Å². The molecule has 3 rings (SSSR count). The number of ketones is 1. The maximum absolute atomic E-state index is 12.4. The maximum atomic E-state index is 12.4. The Balaban J connectivity index is 2.04. The van der Waals surface area contributed by atoms with Gasteiger partial charge in [0.25, 0.3) is 0 Å². The summed E-state index contributed by atoms with van der Waals surface area (Å²) in [4.78, 5) is 24.4. The van der Waals surface area contributed by atoms with Gasteiger partial charge in [0.2, 0.25) is 0 Å². The number of hydrogen-bond acceptors (Lipinski definition) is 3. The fourth-order valence-electron chi connectivity index (χ4n) is 2.40. The minimum Gasteiger partial charge on any atom is -0.478 e. The van der Waals surface area contributed by atoms with Crippen molar-refractivity contribution in [1.29, 1.82) is 0 Å². The predicted molar refractivity (Wildman–Crippen MR) is 73.5 cm³/mol. The van der Waals surface area contributed by atoms with Crippen LogP contribution in [0.2, 0.25) is 0 Å². The van der Waals surface area contributed by atoms with Gasteiger partial charge in [-0.05, 0) is 19.1 Å². The van der Waals surface area contributed by atoms with E-state index in [4.69, 9.17) is 5.11 Å². The molecule has 1 N–H and O–H groups in total. The van der Waals surface area contributed by atoms with Crippen LogP contribution < -0.4 is 0 Å². The normalized spacial score (nSPS) is 24.5. The van der Waals surface area contributed by atoms with E-state index in [1.807, 2.05) is 25.1 Å². The summed E-state index contributed by atoms with van der Waals surface area (Å²) in [5, 5.41) is 8.90. The summed E-state index contributed by atoms with van der Waals surface area (Å²) in [7, 11) is 0. The molecule has 2 unspecified atom stereocenters. The van der Waals surface area contributed by atoms with Crippen LogP contribution in [-0.4, -0.2) is 22.1 Å². The molecule has 0 radical (unpaired) electrons. The summed E-state index contributed by atoms with van der Waals surface area (Å²) in [6.07, 6.45) is 4.93. The molecule has 0 aromatic heterocycles. The average molecular weight is 272 g/mol. The largest absolute Gasteiger partial charge is 0.478 e. The van der Waals surface area contributed by atoms with Crippen molar-refractivity contribution in [3.63, 3.8) is 0 Å². The van der Waals surface area contributed by atoms with Crippen molar-refractivity contribution in [3.8, 4) is 0 Å². The first-order valence-corrected chi connectivity index (χ1v) is 6.89. The molecule has 2 aliphatic rings. The Kier molecular flexibility index (Phi) is 2.82. The van der Waals surface area contributed by atoms with Gasteiger partial charge in [0.15, 0.2) is 5.78 Å². The number of hydrogen-bond donors (Lipinski definition) is 1. The zero-order valence-electron chi connectivity index (χ0n) is 10.3. The summed E-state index contributed by atoms with van der Waals surface area (Å²) < 4.78 is 0.